The van der Waals surface area contributed by atoms with Crippen LogP contribution >= 0.6 is 0 Å². The van der Waals surface area contributed by atoms with Gasteiger partial charge in [-0.25, -0.2) is 4.79 Å². The highest BCUT2D eigenvalue weighted by Crippen LogP contribution is 2.09. The van der Waals surface area contributed by atoms with Crippen molar-refractivity contribution >= 4 is 11.9 Å². The molecule has 4 nitrogen and oxygen atoms in total. The summed E-state index contributed by atoms with van der Waals surface area (Å²) in [5.41, 5.74) is 0. The number of hydrogen-bond acceptors (Lipinski definition) is 3. The van der Waals surface area contributed by atoms with Gasteiger partial charge in [-0.1, -0.05) is 12.5 Å². The van der Waals surface area contributed by atoms with E-state index in [0.717, 1.165) is 19.3 Å². The van der Waals surface area contributed by atoms with E-state index in [4.69, 9.17) is 0 Å². The van der Waals surface area contributed by atoms with Gasteiger partial charge in [0.05, 0.1) is 13.2 Å². The van der Waals surface area contributed by atoms with Crippen LogP contribution < -0.4 is 5.32 Å². The van der Waals surface area contributed by atoms with Gasteiger partial charge in [-0.2, -0.15) is 0 Å². The van der Waals surface area contributed by atoms with Crippen molar-refractivity contribution in [3.63, 3.8) is 0 Å². The van der Waals surface area contributed by atoms with E-state index in [1.54, 1.807) is 6.08 Å². The second-order valence-corrected chi connectivity index (χ2v) is 3.28. The summed E-state index contributed by atoms with van der Waals surface area (Å²) in [6.07, 6.45) is 6.49. The Hall–Kier alpha value is -1.32. The number of ether oxygens (including phenoxy) is 1. The third-order valence-corrected chi connectivity index (χ3v) is 2.22. The minimum absolute atomic E-state index is 0.0462. The zero-order valence-corrected chi connectivity index (χ0v) is 8.29. The monoisotopic (exact) mass is 197 g/mol. The molecule has 0 bridgehead atoms. The maximum Gasteiger partial charge on any atom is 0.407 e. The summed E-state index contributed by atoms with van der Waals surface area (Å²) in [6, 6.07) is -0.418. The van der Waals surface area contributed by atoms with Crippen molar-refractivity contribution in [2.75, 3.05) is 7.11 Å². The van der Waals surface area contributed by atoms with Gasteiger partial charge in [-0.3, -0.25) is 4.79 Å². The summed E-state index contributed by atoms with van der Waals surface area (Å²) < 4.78 is 4.45. The van der Waals surface area contributed by atoms with Crippen molar-refractivity contribution in [1.82, 2.24) is 5.32 Å². The smallest absolute Gasteiger partial charge is 0.407 e. The predicted octanol–water partition coefficient (Wildman–Crippen LogP) is 1.41. The van der Waals surface area contributed by atoms with Crippen LogP contribution in [0.1, 0.15) is 25.7 Å². The molecule has 0 aliphatic heterocycles. The molecule has 0 spiro atoms. The van der Waals surface area contributed by atoms with Crippen LogP contribution in [0.2, 0.25) is 0 Å². The molecule has 1 amide bonds. The van der Waals surface area contributed by atoms with Crippen molar-refractivity contribution in [1.29, 1.82) is 0 Å². The minimum atomic E-state index is -0.544. The lowest BCUT2D eigenvalue weighted by Crippen LogP contribution is -2.40. The Kier molecular flexibility index (Phi) is 4.16. The third kappa shape index (κ3) is 3.20. The van der Waals surface area contributed by atoms with Gasteiger partial charge in [0, 0.05) is 0 Å². The molecule has 1 N–H and O–H groups in total. The third-order valence-electron chi connectivity index (χ3n) is 2.22. The SMILES string of the molecule is COC(=O)N[C@@H]1CCCC/C=C/C1=O. The number of alkyl carbamates (subject to hydrolysis) is 1. The molecule has 1 rings (SSSR count). The van der Waals surface area contributed by atoms with E-state index >= 15 is 0 Å². The van der Waals surface area contributed by atoms with Crippen molar-refractivity contribution in [2.24, 2.45) is 0 Å². The molecule has 14 heavy (non-hydrogen) atoms. The van der Waals surface area contributed by atoms with Gasteiger partial charge < -0.3 is 10.1 Å². The molecule has 0 radical (unpaired) electrons. The van der Waals surface area contributed by atoms with Gasteiger partial charge in [0.2, 0.25) is 0 Å². The summed E-state index contributed by atoms with van der Waals surface area (Å²) in [5, 5.41) is 2.52. The van der Waals surface area contributed by atoms with Gasteiger partial charge in [-0.05, 0) is 25.3 Å². The Morgan fingerprint density at radius 3 is 3.07 bits per heavy atom. The molecule has 0 aromatic heterocycles. The van der Waals surface area contributed by atoms with Crippen LogP contribution in [0.3, 0.4) is 0 Å². The van der Waals surface area contributed by atoms with Gasteiger partial charge in [0.1, 0.15) is 0 Å². The highest BCUT2D eigenvalue weighted by atomic mass is 16.5. The van der Waals surface area contributed by atoms with Crippen molar-refractivity contribution < 1.29 is 14.3 Å². The molecular weight excluding hydrogens is 182 g/mol. The Morgan fingerprint density at radius 2 is 2.36 bits per heavy atom. The summed E-state index contributed by atoms with van der Waals surface area (Å²) in [6.45, 7) is 0. The molecule has 0 saturated carbocycles. The fourth-order valence-corrected chi connectivity index (χ4v) is 1.41. The standard InChI is InChI=1S/C10H15NO3/c1-14-10(13)11-8-6-4-2-3-5-7-9(8)12/h5,7-8H,2-4,6H2,1H3,(H,11,13)/b7-5+/t8-/m1/s1. The maximum atomic E-state index is 11.5. The Morgan fingerprint density at radius 1 is 1.57 bits per heavy atom. The summed E-state index contributed by atoms with van der Waals surface area (Å²) in [5.74, 6) is -0.0462. The van der Waals surface area contributed by atoms with Crippen LogP contribution in [0.4, 0.5) is 4.79 Å². The summed E-state index contributed by atoms with van der Waals surface area (Å²) in [4.78, 5) is 22.4. The maximum absolute atomic E-state index is 11.5. The molecule has 1 atom stereocenters. The molecule has 0 heterocycles. The van der Waals surface area contributed by atoms with Crippen molar-refractivity contribution in [3.8, 4) is 0 Å². The Balaban J connectivity index is 2.55. The van der Waals surface area contributed by atoms with Crippen LogP contribution in [-0.4, -0.2) is 25.0 Å². The number of ketones is 1. The largest absolute Gasteiger partial charge is 0.453 e. The first kappa shape index (κ1) is 10.8. The molecule has 0 aromatic carbocycles. The zero-order chi connectivity index (χ0) is 10.4. The first-order valence-corrected chi connectivity index (χ1v) is 4.79. The number of carbonyl (C=O) groups is 2. The lowest BCUT2D eigenvalue weighted by Gasteiger charge is -2.16. The number of nitrogens with one attached hydrogen (secondary N) is 1. The van der Waals surface area contributed by atoms with E-state index in [-0.39, 0.29) is 5.78 Å². The lowest BCUT2D eigenvalue weighted by atomic mass is 10.0. The minimum Gasteiger partial charge on any atom is -0.453 e. The number of amides is 1. The fraction of sp³-hybridized carbons (Fsp3) is 0.600. The van der Waals surface area contributed by atoms with Crippen LogP contribution in [0.15, 0.2) is 12.2 Å². The quantitative estimate of drug-likeness (QED) is 0.691. The fourth-order valence-electron chi connectivity index (χ4n) is 1.41. The molecular formula is C10H15NO3. The van der Waals surface area contributed by atoms with Crippen LogP contribution in [-0.2, 0) is 9.53 Å². The topological polar surface area (TPSA) is 55.4 Å². The van der Waals surface area contributed by atoms with E-state index < -0.39 is 12.1 Å². The first-order chi connectivity index (χ1) is 6.74. The van der Waals surface area contributed by atoms with Crippen molar-refractivity contribution in [2.45, 2.75) is 31.7 Å². The number of methoxy groups -OCH3 is 1. The van der Waals surface area contributed by atoms with E-state index in [1.807, 2.05) is 6.08 Å². The number of rotatable bonds is 1. The Labute approximate surface area is 83.3 Å². The number of hydrogen-bond donors (Lipinski definition) is 1. The highest BCUT2D eigenvalue weighted by Gasteiger charge is 2.19. The number of carbonyl (C=O) groups excluding carboxylic acids is 2. The lowest BCUT2D eigenvalue weighted by molar-refractivity contribution is -0.116. The van der Waals surface area contributed by atoms with E-state index in [2.05, 4.69) is 10.1 Å². The average Bonchev–Trinajstić information content (AvgIpc) is 2.17. The van der Waals surface area contributed by atoms with Gasteiger partial charge in [0.25, 0.3) is 0 Å². The molecule has 78 valence electrons. The molecule has 1 aliphatic carbocycles. The van der Waals surface area contributed by atoms with Crippen LogP contribution in [0.5, 0.6) is 0 Å². The Bertz CT molecular complexity index is 248. The van der Waals surface area contributed by atoms with Gasteiger partial charge in [-0.15, -0.1) is 0 Å². The van der Waals surface area contributed by atoms with Gasteiger partial charge in [0.15, 0.2) is 5.78 Å². The predicted molar refractivity (Wildman–Crippen MR) is 51.9 cm³/mol. The zero-order valence-electron chi connectivity index (χ0n) is 8.29. The van der Waals surface area contributed by atoms with Crippen LogP contribution in [0.25, 0.3) is 0 Å². The van der Waals surface area contributed by atoms with Gasteiger partial charge >= 0.3 is 6.09 Å². The second-order valence-electron chi connectivity index (χ2n) is 3.28. The summed E-state index contributed by atoms with van der Waals surface area (Å²) >= 11 is 0. The van der Waals surface area contributed by atoms with E-state index in [9.17, 15) is 9.59 Å². The molecule has 4 heteroatoms. The van der Waals surface area contributed by atoms with Crippen molar-refractivity contribution in [3.05, 3.63) is 12.2 Å². The first-order valence-electron chi connectivity index (χ1n) is 4.79. The molecule has 0 unspecified atom stereocenters. The molecule has 0 aromatic rings. The number of allylic oxidation sites excluding steroid dienone is 1. The summed E-state index contributed by atoms with van der Waals surface area (Å²) in [7, 11) is 1.29. The van der Waals surface area contributed by atoms with Crippen LogP contribution in [0, 0.1) is 0 Å². The van der Waals surface area contributed by atoms with E-state index in [1.165, 1.54) is 7.11 Å². The highest BCUT2D eigenvalue weighted by molar-refractivity contribution is 5.96. The molecule has 1 aliphatic rings. The molecule has 0 fully saturated rings. The van der Waals surface area contributed by atoms with E-state index in [0.29, 0.717) is 6.42 Å². The second kappa shape index (κ2) is 5.42. The average molecular weight is 197 g/mol. The molecule has 0 saturated heterocycles. The normalized spacial score (nSPS) is 24.6.